The van der Waals surface area contributed by atoms with E-state index in [-0.39, 0.29) is 0 Å². The smallest absolute Gasteiger partial charge is 0.119 e. The van der Waals surface area contributed by atoms with Crippen molar-refractivity contribution in [3.05, 3.63) is 24.3 Å². The lowest BCUT2D eigenvalue weighted by Gasteiger charge is -2.20. The topological polar surface area (TPSA) is 62.3 Å². The molecule has 1 fully saturated rings. The van der Waals surface area contributed by atoms with Crippen LogP contribution in [-0.2, 0) is 0 Å². The molecule has 1 aliphatic rings. The average molecular weight is 259 g/mol. The van der Waals surface area contributed by atoms with E-state index >= 15 is 0 Å². The molecule has 1 saturated carbocycles. The number of nitrogens with zero attached hydrogens (tertiary/aromatic N) is 2. The summed E-state index contributed by atoms with van der Waals surface area (Å²) in [7, 11) is 0. The van der Waals surface area contributed by atoms with Crippen LogP contribution in [0.5, 0.6) is 5.75 Å². The van der Waals surface area contributed by atoms with Crippen LogP contribution < -0.4 is 10.5 Å². The summed E-state index contributed by atoms with van der Waals surface area (Å²) in [5.41, 5.74) is 6.37. The number of ether oxygens (including phenoxy) is 1. The molecular weight excluding hydrogens is 238 g/mol. The van der Waals surface area contributed by atoms with Crippen LogP contribution in [0.1, 0.15) is 25.7 Å². The third-order valence-electron chi connectivity index (χ3n) is 3.31. The number of benzene rings is 1. The largest absolute Gasteiger partial charge is 0.494 e. The Labute approximate surface area is 114 Å². The number of nitrogens with two attached hydrogens (primary N) is 1. The average Bonchev–Trinajstić information content (AvgIpc) is 3.24. The number of nitriles is 1. The minimum atomic E-state index is 0.620. The van der Waals surface area contributed by atoms with Crippen molar-refractivity contribution in [2.75, 3.05) is 25.4 Å². The lowest BCUT2D eigenvalue weighted by atomic mass is 10.3. The Balaban J connectivity index is 1.64. The molecule has 0 radical (unpaired) electrons. The molecule has 0 unspecified atom stereocenters. The lowest BCUT2D eigenvalue weighted by molar-refractivity contribution is 0.230. The highest BCUT2D eigenvalue weighted by Gasteiger charge is 2.27. The van der Waals surface area contributed by atoms with Gasteiger partial charge in [0.25, 0.3) is 0 Å². The molecule has 0 amide bonds. The summed E-state index contributed by atoms with van der Waals surface area (Å²) < 4.78 is 5.67. The van der Waals surface area contributed by atoms with Gasteiger partial charge in [0.1, 0.15) is 5.75 Å². The van der Waals surface area contributed by atoms with Crippen LogP contribution in [0.25, 0.3) is 0 Å². The fourth-order valence-corrected chi connectivity index (χ4v) is 2.13. The second-order valence-corrected chi connectivity index (χ2v) is 4.95. The summed E-state index contributed by atoms with van der Waals surface area (Å²) in [6, 6.07) is 10.4. The minimum Gasteiger partial charge on any atom is -0.494 e. The van der Waals surface area contributed by atoms with Crippen LogP contribution >= 0.6 is 0 Å². The molecule has 0 heterocycles. The first-order valence-corrected chi connectivity index (χ1v) is 6.89. The molecule has 0 aliphatic heterocycles. The van der Waals surface area contributed by atoms with Gasteiger partial charge in [0.05, 0.1) is 12.7 Å². The van der Waals surface area contributed by atoms with Crippen LogP contribution in [0.15, 0.2) is 24.3 Å². The van der Waals surface area contributed by atoms with Crippen molar-refractivity contribution in [3.63, 3.8) is 0 Å². The van der Waals surface area contributed by atoms with Gasteiger partial charge in [0.2, 0.25) is 0 Å². The quantitative estimate of drug-likeness (QED) is 0.575. The van der Waals surface area contributed by atoms with E-state index in [0.717, 1.165) is 30.9 Å². The molecule has 102 valence electrons. The monoisotopic (exact) mass is 259 g/mol. The van der Waals surface area contributed by atoms with Crippen molar-refractivity contribution < 1.29 is 4.74 Å². The fourth-order valence-electron chi connectivity index (χ4n) is 2.13. The summed E-state index contributed by atoms with van der Waals surface area (Å²) in [5.74, 6) is 0.865. The van der Waals surface area contributed by atoms with E-state index < -0.39 is 0 Å². The zero-order valence-electron chi connectivity index (χ0n) is 11.2. The van der Waals surface area contributed by atoms with Gasteiger partial charge in [-0.1, -0.05) is 0 Å². The molecule has 0 spiro atoms. The number of hydrogen-bond acceptors (Lipinski definition) is 4. The summed E-state index contributed by atoms with van der Waals surface area (Å²) in [5, 5.41) is 8.65. The van der Waals surface area contributed by atoms with Gasteiger partial charge in [-0.25, -0.2) is 0 Å². The Morgan fingerprint density at radius 2 is 2.00 bits per heavy atom. The zero-order valence-corrected chi connectivity index (χ0v) is 11.2. The number of rotatable bonds is 8. The normalized spacial score (nSPS) is 14.3. The molecule has 1 aromatic rings. The summed E-state index contributed by atoms with van der Waals surface area (Å²) >= 11 is 0. The Morgan fingerprint density at radius 1 is 1.26 bits per heavy atom. The maximum atomic E-state index is 8.65. The van der Waals surface area contributed by atoms with Gasteiger partial charge >= 0.3 is 0 Å². The van der Waals surface area contributed by atoms with Gasteiger partial charge in [-0.15, -0.1) is 0 Å². The van der Waals surface area contributed by atoms with Crippen LogP contribution in [0, 0.1) is 11.3 Å². The summed E-state index contributed by atoms with van der Waals surface area (Å²) in [4.78, 5) is 2.41. The van der Waals surface area contributed by atoms with Crippen LogP contribution in [-0.4, -0.2) is 30.6 Å². The fraction of sp³-hybridized carbons (Fsp3) is 0.533. The predicted octanol–water partition coefficient (Wildman–Crippen LogP) is 2.42. The Hall–Kier alpha value is -1.73. The molecule has 0 saturated heterocycles. The molecule has 19 heavy (non-hydrogen) atoms. The van der Waals surface area contributed by atoms with Crippen LogP contribution in [0.4, 0.5) is 5.69 Å². The molecule has 1 aliphatic carbocycles. The number of nitrogen functional groups attached to an aromatic ring is 1. The molecule has 4 heteroatoms. The van der Waals surface area contributed by atoms with E-state index in [0.29, 0.717) is 19.1 Å². The molecule has 2 N–H and O–H groups in total. The van der Waals surface area contributed by atoms with Crippen molar-refractivity contribution in [2.24, 2.45) is 0 Å². The molecule has 0 bridgehead atoms. The van der Waals surface area contributed by atoms with Gasteiger partial charge in [-0.05, 0) is 43.5 Å². The molecule has 0 aromatic heterocycles. The van der Waals surface area contributed by atoms with Crippen molar-refractivity contribution in [3.8, 4) is 11.8 Å². The predicted molar refractivity (Wildman–Crippen MR) is 75.8 cm³/mol. The molecule has 2 rings (SSSR count). The van der Waals surface area contributed by atoms with Crippen LogP contribution in [0.3, 0.4) is 0 Å². The van der Waals surface area contributed by atoms with E-state index in [2.05, 4.69) is 11.0 Å². The Morgan fingerprint density at radius 3 is 2.63 bits per heavy atom. The van der Waals surface area contributed by atoms with E-state index in [1.807, 2.05) is 24.3 Å². The molecular formula is C15H21N3O. The van der Waals surface area contributed by atoms with Crippen molar-refractivity contribution >= 4 is 5.69 Å². The van der Waals surface area contributed by atoms with Gasteiger partial charge in [-0.3, -0.25) is 4.90 Å². The maximum absolute atomic E-state index is 8.65. The van der Waals surface area contributed by atoms with Crippen molar-refractivity contribution in [1.82, 2.24) is 4.90 Å². The second-order valence-electron chi connectivity index (χ2n) is 4.95. The van der Waals surface area contributed by atoms with Gasteiger partial charge < -0.3 is 10.5 Å². The van der Waals surface area contributed by atoms with E-state index in [9.17, 15) is 0 Å². The maximum Gasteiger partial charge on any atom is 0.119 e. The molecule has 4 nitrogen and oxygen atoms in total. The van der Waals surface area contributed by atoms with E-state index in [4.69, 9.17) is 15.7 Å². The van der Waals surface area contributed by atoms with Gasteiger partial charge in [0.15, 0.2) is 0 Å². The molecule has 1 aromatic carbocycles. The zero-order chi connectivity index (χ0) is 13.5. The van der Waals surface area contributed by atoms with Crippen molar-refractivity contribution in [2.45, 2.75) is 31.7 Å². The van der Waals surface area contributed by atoms with Crippen LogP contribution in [0.2, 0.25) is 0 Å². The van der Waals surface area contributed by atoms with Gasteiger partial charge in [0, 0.05) is 31.2 Å². The number of anilines is 1. The third-order valence-corrected chi connectivity index (χ3v) is 3.31. The second kappa shape index (κ2) is 7.01. The highest BCUT2D eigenvalue weighted by Crippen LogP contribution is 2.26. The molecule has 0 atom stereocenters. The first kappa shape index (κ1) is 13.7. The van der Waals surface area contributed by atoms with Gasteiger partial charge in [-0.2, -0.15) is 5.26 Å². The van der Waals surface area contributed by atoms with E-state index in [1.54, 1.807) is 0 Å². The number of hydrogen-bond donors (Lipinski definition) is 1. The Bertz CT molecular complexity index is 420. The third kappa shape index (κ3) is 4.80. The first-order valence-electron chi connectivity index (χ1n) is 6.89. The highest BCUT2D eigenvalue weighted by atomic mass is 16.5. The minimum absolute atomic E-state index is 0.620. The SMILES string of the molecule is N#CCCN(CCCOc1ccc(N)cc1)C1CC1. The Kier molecular flexibility index (Phi) is 5.05. The van der Waals surface area contributed by atoms with E-state index in [1.165, 1.54) is 12.8 Å². The lowest BCUT2D eigenvalue weighted by Crippen LogP contribution is -2.29. The first-order chi connectivity index (χ1) is 9.29. The standard InChI is InChI=1S/C15H21N3O/c16-9-1-10-18(14-5-6-14)11-2-12-19-15-7-3-13(17)4-8-15/h3-4,7-8,14H,1-2,5-6,10-12,17H2. The van der Waals surface area contributed by atoms with Crippen molar-refractivity contribution in [1.29, 1.82) is 5.26 Å². The summed E-state index contributed by atoms with van der Waals surface area (Å²) in [6.07, 6.45) is 4.18. The summed E-state index contributed by atoms with van der Waals surface area (Å²) in [6.45, 7) is 2.62. The highest BCUT2D eigenvalue weighted by molar-refractivity contribution is 5.41.